The van der Waals surface area contributed by atoms with E-state index in [0.29, 0.717) is 11.3 Å². The first-order valence-electron chi connectivity index (χ1n) is 5.94. The Labute approximate surface area is 118 Å². The van der Waals surface area contributed by atoms with Crippen LogP contribution in [0.2, 0.25) is 0 Å². The number of aryl methyl sites for hydroxylation is 1. The van der Waals surface area contributed by atoms with Gasteiger partial charge >= 0.3 is 0 Å². The Kier molecular flexibility index (Phi) is 3.68. The number of hydrogen-bond donors (Lipinski definition) is 1. The molecule has 0 bridgehead atoms. The fourth-order valence-corrected chi connectivity index (χ4v) is 4.82. The van der Waals surface area contributed by atoms with Crippen LogP contribution in [-0.2, 0) is 14.6 Å². The van der Waals surface area contributed by atoms with E-state index in [2.05, 4.69) is 0 Å². The number of benzene rings is 1. The molecule has 1 aliphatic rings. The van der Waals surface area contributed by atoms with Crippen LogP contribution >= 0.6 is 12.2 Å². The first-order chi connectivity index (χ1) is 8.84. The van der Waals surface area contributed by atoms with Gasteiger partial charge < -0.3 is 10.5 Å². The highest BCUT2D eigenvalue weighted by Crippen LogP contribution is 2.53. The minimum Gasteiger partial charge on any atom is -0.393 e. The largest absolute Gasteiger partial charge is 0.393 e. The number of rotatable bonds is 5. The highest BCUT2D eigenvalue weighted by Gasteiger charge is 2.63. The summed E-state index contributed by atoms with van der Waals surface area (Å²) in [4.78, 5) is 0.535. The minimum absolute atomic E-state index is 0.218. The molecule has 1 fully saturated rings. The summed E-state index contributed by atoms with van der Waals surface area (Å²) in [6.45, 7) is 2.16. The number of sulfone groups is 1. The van der Waals surface area contributed by atoms with Gasteiger partial charge in [0, 0.05) is 7.11 Å². The molecule has 0 radical (unpaired) electrons. The summed E-state index contributed by atoms with van der Waals surface area (Å²) in [6, 6.07) is 6.82. The maximum absolute atomic E-state index is 12.5. The second kappa shape index (κ2) is 4.85. The predicted octanol–water partition coefficient (Wildman–Crippen LogP) is 1.46. The predicted molar refractivity (Wildman–Crippen MR) is 77.9 cm³/mol. The van der Waals surface area contributed by atoms with Crippen LogP contribution in [0.15, 0.2) is 29.2 Å². The van der Waals surface area contributed by atoms with Gasteiger partial charge in [0.15, 0.2) is 9.84 Å². The van der Waals surface area contributed by atoms with Crippen LogP contribution in [0.25, 0.3) is 0 Å². The van der Waals surface area contributed by atoms with E-state index in [1.165, 1.54) is 7.11 Å². The van der Waals surface area contributed by atoms with Crippen LogP contribution < -0.4 is 5.73 Å². The molecule has 1 aliphatic carbocycles. The Balaban J connectivity index is 2.33. The summed E-state index contributed by atoms with van der Waals surface area (Å²) in [6.07, 6.45) is 0.437. The quantitative estimate of drug-likeness (QED) is 0.834. The maximum atomic E-state index is 12.5. The van der Waals surface area contributed by atoms with Crippen molar-refractivity contribution < 1.29 is 13.2 Å². The van der Waals surface area contributed by atoms with Crippen LogP contribution in [0.3, 0.4) is 0 Å². The molecule has 2 rings (SSSR count). The molecule has 1 saturated carbocycles. The molecule has 19 heavy (non-hydrogen) atoms. The second-order valence-corrected chi connectivity index (χ2v) is 7.57. The molecule has 2 N–H and O–H groups in total. The van der Waals surface area contributed by atoms with Crippen molar-refractivity contribution >= 4 is 27.0 Å². The average molecular weight is 299 g/mol. The lowest BCUT2D eigenvalue weighted by Crippen LogP contribution is -2.32. The molecule has 0 amide bonds. The highest BCUT2D eigenvalue weighted by molar-refractivity contribution is 7.92. The number of hydrogen-bond acceptors (Lipinski definition) is 4. The lowest BCUT2D eigenvalue weighted by Gasteiger charge is -2.15. The van der Waals surface area contributed by atoms with Crippen molar-refractivity contribution in [3.8, 4) is 0 Å². The van der Waals surface area contributed by atoms with Gasteiger partial charge in [-0.1, -0.05) is 29.9 Å². The molecule has 0 heterocycles. The minimum atomic E-state index is -3.40. The fraction of sp³-hybridized carbons (Fsp3) is 0.462. The third-order valence-corrected chi connectivity index (χ3v) is 6.33. The van der Waals surface area contributed by atoms with Crippen molar-refractivity contribution in [2.75, 3.05) is 13.7 Å². The van der Waals surface area contributed by atoms with Gasteiger partial charge in [-0.05, 0) is 25.5 Å². The van der Waals surface area contributed by atoms with Crippen molar-refractivity contribution in [1.29, 1.82) is 0 Å². The number of thiocarbonyl (C=S) groups is 1. The van der Waals surface area contributed by atoms with Crippen molar-refractivity contribution in [2.24, 2.45) is 11.1 Å². The molecular formula is C13H17NO3S2. The summed E-state index contributed by atoms with van der Waals surface area (Å²) in [5, 5.41) is -0.569. The molecule has 1 aromatic rings. The Hall–Kier alpha value is -0.980. The molecule has 2 atom stereocenters. The molecule has 0 unspecified atom stereocenters. The van der Waals surface area contributed by atoms with Gasteiger partial charge in [0.25, 0.3) is 0 Å². The summed E-state index contributed by atoms with van der Waals surface area (Å²) >= 11 is 5.01. The van der Waals surface area contributed by atoms with Gasteiger partial charge in [-0.3, -0.25) is 0 Å². The van der Waals surface area contributed by atoms with Gasteiger partial charge in [-0.15, -0.1) is 0 Å². The zero-order chi connectivity index (χ0) is 14.3. The summed E-state index contributed by atoms with van der Waals surface area (Å²) in [5.74, 6) is 0. The molecule has 6 heteroatoms. The molecule has 0 spiro atoms. The van der Waals surface area contributed by atoms with E-state index < -0.39 is 20.5 Å². The van der Waals surface area contributed by atoms with E-state index in [1.54, 1.807) is 24.3 Å². The van der Waals surface area contributed by atoms with Crippen molar-refractivity contribution in [2.45, 2.75) is 23.5 Å². The smallest absolute Gasteiger partial charge is 0.182 e. The molecule has 0 aromatic heterocycles. The molecule has 4 nitrogen and oxygen atoms in total. The van der Waals surface area contributed by atoms with Crippen molar-refractivity contribution in [3.05, 3.63) is 29.8 Å². The first-order valence-corrected chi connectivity index (χ1v) is 7.89. The SMILES string of the molecule is COC[C@]1(C(N)=S)C[C@@H]1S(=O)(=O)c1ccc(C)cc1. The van der Waals surface area contributed by atoms with Crippen LogP contribution in [0, 0.1) is 12.3 Å². The van der Waals surface area contributed by atoms with Gasteiger partial charge in [0.05, 0.1) is 27.2 Å². The highest BCUT2D eigenvalue weighted by atomic mass is 32.2. The van der Waals surface area contributed by atoms with E-state index in [4.69, 9.17) is 22.7 Å². The van der Waals surface area contributed by atoms with E-state index in [9.17, 15) is 8.42 Å². The fourth-order valence-electron chi connectivity index (χ4n) is 2.31. The van der Waals surface area contributed by atoms with E-state index >= 15 is 0 Å². The summed E-state index contributed by atoms with van der Waals surface area (Å²) < 4.78 is 30.1. The van der Waals surface area contributed by atoms with Crippen LogP contribution in [0.1, 0.15) is 12.0 Å². The van der Waals surface area contributed by atoms with Crippen molar-refractivity contribution in [3.63, 3.8) is 0 Å². The van der Waals surface area contributed by atoms with Gasteiger partial charge in [0.2, 0.25) is 0 Å². The van der Waals surface area contributed by atoms with E-state index in [-0.39, 0.29) is 11.6 Å². The third-order valence-electron chi connectivity index (χ3n) is 3.62. The van der Waals surface area contributed by atoms with Gasteiger partial charge in [-0.25, -0.2) is 8.42 Å². The Morgan fingerprint density at radius 1 is 1.47 bits per heavy atom. The van der Waals surface area contributed by atoms with Gasteiger partial charge in [0.1, 0.15) is 0 Å². The second-order valence-electron chi connectivity index (χ2n) is 5.00. The van der Waals surface area contributed by atoms with Crippen LogP contribution in [-0.4, -0.2) is 32.4 Å². The molecule has 1 aromatic carbocycles. The molecular weight excluding hydrogens is 282 g/mol. The van der Waals surface area contributed by atoms with Crippen LogP contribution in [0.5, 0.6) is 0 Å². The lowest BCUT2D eigenvalue weighted by molar-refractivity contribution is 0.169. The standard InChI is InChI=1S/C13H17NO3S2/c1-9-3-5-10(6-4-9)19(15,16)11-7-13(11,8-17-2)12(14)18/h3-6,11H,7-8H2,1-2H3,(H2,14,18)/t11-,13+/m0/s1. The summed E-state index contributed by atoms with van der Waals surface area (Å²) in [5.41, 5.74) is 6.02. The summed E-state index contributed by atoms with van der Waals surface area (Å²) in [7, 11) is -1.88. The number of ether oxygens (including phenoxy) is 1. The van der Waals surface area contributed by atoms with Crippen molar-refractivity contribution in [1.82, 2.24) is 0 Å². The number of methoxy groups -OCH3 is 1. The van der Waals surface area contributed by atoms with E-state index in [0.717, 1.165) is 5.56 Å². The average Bonchev–Trinajstić information content (AvgIpc) is 3.07. The van der Waals surface area contributed by atoms with Gasteiger partial charge in [-0.2, -0.15) is 0 Å². The normalized spacial score (nSPS) is 26.1. The van der Waals surface area contributed by atoms with E-state index in [1.807, 2.05) is 6.92 Å². The lowest BCUT2D eigenvalue weighted by atomic mass is 10.1. The number of nitrogens with two attached hydrogens (primary N) is 1. The Bertz CT molecular complexity index is 595. The Morgan fingerprint density at radius 3 is 2.53 bits per heavy atom. The monoisotopic (exact) mass is 299 g/mol. The maximum Gasteiger partial charge on any atom is 0.182 e. The molecule has 0 saturated heterocycles. The van der Waals surface area contributed by atoms with Crippen LogP contribution in [0.4, 0.5) is 0 Å². The first kappa shape index (κ1) is 14.4. The third kappa shape index (κ3) is 2.40. The zero-order valence-corrected chi connectivity index (χ0v) is 12.6. The molecule has 0 aliphatic heterocycles. The Morgan fingerprint density at radius 2 is 2.05 bits per heavy atom. The topological polar surface area (TPSA) is 69.4 Å². The molecule has 104 valence electrons. The zero-order valence-electron chi connectivity index (χ0n) is 10.9.